The number of amides is 1. The first-order chi connectivity index (χ1) is 13.5. The Bertz CT molecular complexity index is 873. The van der Waals surface area contributed by atoms with Crippen LogP contribution in [0.2, 0.25) is 0 Å². The summed E-state index contributed by atoms with van der Waals surface area (Å²) in [5.41, 5.74) is 7.19. The number of rotatable bonds is 2. The number of aliphatic hydroxyl groups excluding tert-OH is 1. The van der Waals surface area contributed by atoms with Gasteiger partial charge in [-0.1, -0.05) is 18.2 Å². The van der Waals surface area contributed by atoms with Gasteiger partial charge in [0, 0.05) is 43.2 Å². The predicted molar refractivity (Wildman–Crippen MR) is 108 cm³/mol. The van der Waals surface area contributed by atoms with Crippen LogP contribution in [-0.4, -0.2) is 58.2 Å². The number of anilines is 2. The molecule has 3 heterocycles. The summed E-state index contributed by atoms with van der Waals surface area (Å²) in [6.45, 7) is 4.61. The van der Waals surface area contributed by atoms with Gasteiger partial charge in [0.05, 0.1) is 6.10 Å². The molecule has 1 aromatic carbocycles. The number of hydrogen-bond acceptors (Lipinski definition) is 6. The molecule has 0 unspecified atom stereocenters. The number of aryl methyl sites for hydroxylation is 1. The molecule has 0 saturated carbocycles. The molecule has 28 heavy (non-hydrogen) atoms. The molecule has 3 N–H and O–H groups in total. The molecule has 2 aliphatic heterocycles. The monoisotopic (exact) mass is 381 g/mol. The Kier molecular flexibility index (Phi) is 4.93. The Morgan fingerprint density at radius 2 is 2.07 bits per heavy atom. The summed E-state index contributed by atoms with van der Waals surface area (Å²) < 4.78 is 0. The van der Waals surface area contributed by atoms with Crippen LogP contribution in [-0.2, 0) is 0 Å². The minimum absolute atomic E-state index is 0.0489. The Balaban J connectivity index is 1.57. The molecule has 1 spiro atoms. The number of benzene rings is 1. The lowest BCUT2D eigenvalue weighted by Gasteiger charge is -2.51. The van der Waals surface area contributed by atoms with Gasteiger partial charge in [0.2, 0.25) is 0 Å². The first-order valence-electron chi connectivity index (χ1n) is 9.84. The van der Waals surface area contributed by atoms with Gasteiger partial charge in [-0.25, -0.2) is 9.97 Å². The summed E-state index contributed by atoms with van der Waals surface area (Å²) in [5.74, 6) is 1.26. The van der Waals surface area contributed by atoms with Gasteiger partial charge in [0.25, 0.3) is 5.91 Å². The van der Waals surface area contributed by atoms with Crippen LogP contribution in [0.5, 0.6) is 0 Å². The summed E-state index contributed by atoms with van der Waals surface area (Å²) in [5, 5.41) is 10.9. The summed E-state index contributed by atoms with van der Waals surface area (Å²) in [7, 11) is 0. The van der Waals surface area contributed by atoms with Crippen LogP contribution in [0.1, 0.15) is 35.2 Å². The van der Waals surface area contributed by atoms with Crippen LogP contribution in [0.4, 0.5) is 11.6 Å². The Labute approximate surface area is 165 Å². The van der Waals surface area contributed by atoms with Gasteiger partial charge in [-0.15, -0.1) is 0 Å². The van der Waals surface area contributed by atoms with E-state index in [-0.39, 0.29) is 11.3 Å². The van der Waals surface area contributed by atoms with Crippen molar-refractivity contribution in [1.82, 2.24) is 14.9 Å². The highest BCUT2D eigenvalue weighted by Crippen LogP contribution is 2.40. The van der Waals surface area contributed by atoms with Crippen molar-refractivity contribution >= 4 is 17.5 Å². The lowest BCUT2D eigenvalue weighted by Crippen LogP contribution is -2.60. The third-order valence-corrected chi connectivity index (χ3v) is 6.15. The second-order valence-electron chi connectivity index (χ2n) is 8.03. The fourth-order valence-electron chi connectivity index (χ4n) is 4.60. The highest BCUT2D eigenvalue weighted by Gasteiger charge is 2.46. The van der Waals surface area contributed by atoms with Crippen molar-refractivity contribution in [2.24, 2.45) is 5.41 Å². The molecule has 1 amide bonds. The molecular weight excluding hydrogens is 354 g/mol. The molecule has 4 rings (SSSR count). The largest absolute Gasteiger partial charge is 0.392 e. The maximum absolute atomic E-state index is 13.1. The fourth-order valence-corrected chi connectivity index (χ4v) is 4.60. The molecule has 2 fully saturated rings. The van der Waals surface area contributed by atoms with Crippen molar-refractivity contribution in [3.05, 3.63) is 47.8 Å². The Morgan fingerprint density at radius 3 is 2.86 bits per heavy atom. The number of aromatic nitrogens is 2. The summed E-state index contributed by atoms with van der Waals surface area (Å²) in [6, 6.07) is 9.46. The Morgan fingerprint density at radius 1 is 1.25 bits per heavy atom. The van der Waals surface area contributed by atoms with E-state index in [0.717, 1.165) is 36.3 Å². The molecule has 0 bridgehead atoms. The maximum atomic E-state index is 13.1. The van der Waals surface area contributed by atoms with Crippen LogP contribution >= 0.6 is 0 Å². The molecule has 7 heteroatoms. The number of piperidine rings is 2. The van der Waals surface area contributed by atoms with Gasteiger partial charge < -0.3 is 20.6 Å². The average Bonchev–Trinajstić information content (AvgIpc) is 2.70. The molecule has 0 aliphatic carbocycles. The van der Waals surface area contributed by atoms with Crippen molar-refractivity contribution in [2.75, 3.05) is 36.8 Å². The van der Waals surface area contributed by atoms with E-state index in [0.29, 0.717) is 31.9 Å². The van der Waals surface area contributed by atoms with Crippen molar-refractivity contribution < 1.29 is 9.90 Å². The van der Waals surface area contributed by atoms with Gasteiger partial charge in [-0.05, 0) is 37.8 Å². The van der Waals surface area contributed by atoms with E-state index in [4.69, 9.17) is 5.73 Å². The number of carbonyl (C=O) groups is 1. The molecule has 2 saturated heterocycles. The molecule has 2 aromatic rings. The molecule has 2 atom stereocenters. The number of aliphatic hydroxyl groups is 1. The van der Waals surface area contributed by atoms with Gasteiger partial charge in [0.15, 0.2) is 0 Å². The molecule has 2 aliphatic rings. The molecule has 7 nitrogen and oxygen atoms in total. The standard InChI is InChI=1S/C21H27N5O2/c1-15-5-2-3-6-16(15)20(28)26-9-4-8-21(13-26)12-25(10-7-17(21)27)19-11-18(22)23-14-24-19/h2-3,5-6,11,14,17,27H,4,7-10,12-13H2,1H3,(H2,22,23,24)/t17-,21-/m1/s1. The fraction of sp³-hybridized carbons (Fsp3) is 0.476. The number of likely N-dealkylation sites (tertiary alicyclic amines) is 1. The molecule has 0 radical (unpaired) electrons. The van der Waals surface area contributed by atoms with Crippen LogP contribution < -0.4 is 10.6 Å². The third kappa shape index (κ3) is 3.42. The van der Waals surface area contributed by atoms with E-state index in [1.165, 1.54) is 6.33 Å². The topological polar surface area (TPSA) is 95.6 Å². The predicted octanol–water partition coefficient (Wildman–Crippen LogP) is 1.86. The number of nitrogens with zero attached hydrogens (tertiary/aromatic N) is 4. The van der Waals surface area contributed by atoms with Crippen molar-refractivity contribution in [3.63, 3.8) is 0 Å². The van der Waals surface area contributed by atoms with E-state index in [1.807, 2.05) is 36.1 Å². The third-order valence-electron chi connectivity index (χ3n) is 6.15. The highest BCUT2D eigenvalue weighted by molar-refractivity contribution is 5.95. The highest BCUT2D eigenvalue weighted by atomic mass is 16.3. The van der Waals surface area contributed by atoms with Crippen LogP contribution in [0.25, 0.3) is 0 Å². The van der Waals surface area contributed by atoms with E-state index in [2.05, 4.69) is 14.9 Å². The minimum atomic E-state index is -0.435. The lowest BCUT2D eigenvalue weighted by atomic mass is 9.71. The molecular formula is C21H27N5O2. The summed E-state index contributed by atoms with van der Waals surface area (Å²) in [4.78, 5) is 25.5. The van der Waals surface area contributed by atoms with Gasteiger partial charge in [-0.2, -0.15) is 0 Å². The van der Waals surface area contributed by atoms with E-state index in [1.54, 1.807) is 6.07 Å². The van der Waals surface area contributed by atoms with Crippen molar-refractivity contribution in [2.45, 2.75) is 32.3 Å². The van der Waals surface area contributed by atoms with E-state index in [9.17, 15) is 9.90 Å². The van der Waals surface area contributed by atoms with Crippen LogP contribution in [0.15, 0.2) is 36.7 Å². The SMILES string of the molecule is Cc1ccccc1C(=O)N1CCC[C@]2(C1)CN(c1cc(N)ncn1)CC[C@H]2O. The van der Waals surface area contributed by atoms with Gasteiger partial charge in [-0.3, -0.25) is 4.79 Å². The van der Waals surface area contributed by atoms with Crippen molar-refractivity contribution in [1.29, 1.82) is 0 Å². The number of carbonyl (C=O) groups excluding carboxylic acids is 1. The minimum Gasteiger partial charge on any atom is -0.392 e. The summed E-state index contributed by atoms with van der Waals surface area (Å²) >= 11 is 0. The quantitative estimate of drug-likeness (QED) is 0.824. The zero-order valence-corrected chi connectivity index (χ0v) is 16.2. The van der Waals surface area contributed by atoms with E-state index >= 15 is 0 Å². The first-order valence-corrected chi connectivity index (χ1v) is 9.84. The van der Waals surface area contributed by atoms with Gasteiger partial charge in [0.1, 0.15) is 18.0 Å². The normalized spacial score (nSPS) is 25.1. The molecule has 148 valence electrons. The Hall–Kier alpha value is -2.67. The zero-order valence-electron chi connectivity index (χ0n) is 16.2. The first kappa shape index (κ1) is 18.7. The summed E-state index contributed by atoms with van der Waals surface area (Å²) in [6.07, 6.45) is 3.46. The second kappa shape index (κ2) is 7.39. The number of nitrogens with two attached hydrogens (primary N) is 1. The number of nitrogen functional groups attached to an aromatic ring is 1. The van der Waals surface area contributed by atoms with Gasteiger partial charge >= 0.3 is 0 Å². The van der Waals surface area contributed by atoms with E-state index < -0.39 is 6.10 Å². The number of hydrogen-bond donors (Lipinski definition) is 2. The van der Waals surface area contributed by atoms with Crippen molar-refractivity contribution in [3.8, 4) is 0 Å². The zero-order chi connectivity index (χ0) is 19.7. The maximum Gasteiger partial charge on any atom is 0.254 e. The lowest BCUT2D eigenvalue weighted by molar-refractivity contribution is -0.0362. The van der Waals surface area contributed by atoms with Crippen LogP contribution in [0.3, 0.4) is 0 Å². The average molecular weight is 381 g/mol. The second-order valence-corrected chi connectivity index (χ2v) is 8.03. The van der Waals surface area contributed by atoms with Crippen LogP contribution in [0, 0.1) is 12.3 Å². The molecule has 1 aromatic heterocycles. The smallest absolute Gasteiger partial charge is 0.254 e.